The summed E-state index contributed by atoms with van der Waals surface area (Å²) < 4.78 is 2.87. The molecule has 17 heavy (non-hydrogen) atoms. The van der Waals surface area contributed by atoms with Gasteiger partial charge in [-0.2, -0.15) is 9.78 Å². The first-order valence-electron chi connectivity index (χ1n) is 5.31. The molecule has 5 nitrogen and oxygen atoms in total. The molecule has 0 radical (unpaired) electrons. The standard InChI is InChI=1S/C12H14N4O/c1-12(2,3)5-6-16-10-9(7-14-16)11(17)15(4)8-13-10/h7-8H,1-4H3. The Morgan fingerprint density at radius 3 is 2.71 bits per heavy atom. The van der Waals surface area contributed by atoms with Gasteiger partial charge >= 0.3 is 0 Å². The van der Waals surface area contributed by atoms with Crippen LogP contribution in [0.5, 0.6) is 0 Å². The minimum Gasteiger partial charge on any atom is -0.302 e. The van der Waals surface area contributed by atoms with Gasteiger partial charge in [0.05, 0.1) is 12.5 Å². The van der Waals surface area contributed by atoms with Gasteiger partial charge in [0.25, 0.3) is 5.56 Å². The summed E-state index contributed by atoms with van der Waals surface area (Å²) >= 11 is 0. The Labute approximate surface area is 99.1 Å². The van der Waals surface area contributed by atoms with Gasteiger partial charge in [-0.15, -0.1) is 0 Å². The van der Waals surface area contributed by atoms with Crippen LogP contribution in [-0.2, 0) is 7.05 Å². The molecule has 2 heterocycles. The second kappa shape index (κ2) is 3.74. The maximum atomic E-state index is 11.8. The lowest BCUT2D eigenvalue weighted by Gasteiger charge is -2.06. The zero-order valence-corrected chi connectivity index (χ0v) is 10.4. The van der Waals surface area contributed by atoms with Crippen molar-refractivity contribution in [2.24, 2.45) is 12.5 Å². The highest BCUT2D eigenvalue weighted by molar-refractivity contribution is 5.73. The highest BCUT2D eigenvalue weighted by atomic mass is 16.1. The first-order chi connectivity index (χ1) is 7.88. The Morgan fingerprint density at radius 2 is 2.06 bits per heavy atom. The predicted octanol–water partition coefficient (Wildman–Crippen LogP) is 0.985. The van der Waals surface area contributed by atoms with Gasteiger partial charge in [0.15, 0.2) is 5.65 Å². The highest BCUT2D eigenvalue weighted by Gasteiger charge is 2.08. The van der Waals surface area contributed by atoms with Gasteiger partial charge in [-0.1, -0.05) is 5.92 Å². The van der Waals surface area contributed by atoms with Crippen molar-refractivity contribution in [1.29, 1.82) is 0 Å². The van der Waals surface area contributed by atoms with E-state index in [1.165, 1.54) is 21.8 Å². The second-order valence-electron chi connectivity index (χ2n) is 4.94. The van der Waals surface area contributed by atoms with Crippen LogP contribution in [0.3, 0.4) is 0 Å². The molecule has 0 aliphatic carbocycles. The predicted molar refractivity (Wildman–Crippen MR) is 65.4 cm³/mol. The molecule has 2 aromatic heterocycles. The smallest absolute Gasteiger partial charge is 0.264 e. The van der Waals surface area contributed by atoms with Crippen LogP contribution >= 0.6 is 0 Å². The maximum absolute atomic E-state index is 11.8. The highest BCUT2D eigenvalue weighted by Crippen LogP contribution is 2.10. The molecule has 0 N–H and O–H groups in total. The van der Waals surface area contributed by atoms with E-state index < -0.39 is 0 Å². The molecule has 0 bridgehead atoms. The first kappa shape index (κ1) is 11.4. The maximum Gasteiger partial charge on any atom is 0.264 e. The van der Waals surface area contributed by atoms with Crippen LogP contribution in [0, 0.1) is 17.4 Å². The number of hydrogen-bond acceptors (Lipinski definition) is 3. The fourth-order valence-electron chi connectivity index (χ4n) is 1.30. The van der Waals surface area contributed by atoms with Crippen molar-refractivity contribution >= 4 is 11.0 Å². The lowest BCUT2D eigenvalue weighted by molar-refractivity contribution is 0.569. The Hall–Kier alpha value is -2.09. The van der Waals surface area contributed by atoms with Gasteiger partial charge in [-0.3, -0.25) is 4.79 Å². The molecule has 0 atom stereocenters. The van der Waals surface area contributed by atoms with E-state index in [0.29, 0.717) is 11.0 Å². The lowest BCUT2D eigenvalue weighted by Crippen LogP contribution is -2.16. The monoisotopic (exact) mass is 230 g/mol. The summed E-state index contributed by atoms with van der Waals surface area (Å²) in [6, 6.07) is 2.90. The number of aryl methyl sites for hydroxylation is 1. The molecule has 2 rings (SSSR count). The summed E-state index contributed by atoms with van der Waals surface area (Å²) in [5.41, 5.74) is 0.279. The topological polar surface area (TPSA) is 52.7 Å². The summed E-state index contributed by atoms with van der Waals surface area (Å²) in [6.45, 7) is 6.04. The van der Waals surface area contributed by atoms with Crippen LogP contribution < -0.4 is 5.56 Å². The molecule has 0 aliphatic rings. The normalized spacial score (nSPS) is 11.3. The van der Waals surface area contributed by atoms with E-state index >= 15 is 0 Å². The van der Waals surface area contributed by atoms with Crippen LogP contribution in [0.15, 0.2) is 17.3 Å². The molecule has 0 amide bonds. The van der Waals surface area contributed by atoms with Crippen molar-refractivity contribution < 1.29 is 0 Å². The fourth-order valence-corrected chi connectivity index (χ4v) is 1.30. The summed E-state index contributed by atoms with van der Waals surface area (Å²) in [6.07, 6.45) is 2.98. The summed E-state index contributed by atoms with van der Waals surface area (Å²) in [4.78, 5) is 15.9. The van der Waals surface area contributed by atoms with Crippen LogP contribution in [0.4, 0.5) is 0 Å². The van der Waals surface area contributed by atoms with E-state index in [0.717, 1.165) is 0 Å². The third kappa shape index (κ3) is 2.21. The molecule has 0 aliphatic heterocycles. The molecule has 5 heteroatoms. The van der Waals surface area contributed by atoms with E-state index in [1.807, 2.05) is 20.8 Å². The molecule has 88 valence electrons. The van der Waals surface area contributed by atoms with Crippen molar-refractivity contribution in [3.05, 3.63) is 22.9 Å². The Bertz CT molecular complexity index is 676. The Kier molecular flexibility index (Phi) is 2.50. The quantitative estimate of drug-likeness (QED) is 0.634. The van der Waals surface area contributed by atoms with Crippen molar-refractivity contribution in [2.75, 3.05) is 0 Å². The molecule has 0 saturated carbocycles. The van der Waals surface area contributed by atoms with Crippen molar-refractivity contribution in [3.63, 3.8) is 0 Å². The van der Waals surface area contributed by atoms with E-state index in [-0.39, 0.29) is 11.0 Å². The average Bonchev–Trinajstić information content (AvgIpc) is 2.63. The average molecular weight is 230 g/mol. The number of fused-ring (bicyclic) bond motifs is 1. The number of hydrogen-bond donors (Lipinski definition) is 0. The molecular weight excluding hydrogens is 216 g/mol. The number of aromatic nitrogens is 4. The van der Waals surface area contributed by atoms with Crippen molar-refractivity contribution in [1.82, 2.24) is 19.3 Å². The summed E-state index contributed by atoms with van der Waals surface area (Å²) in [7, 11) is 1.66. The third-order valence-electron chi connectivity index (χ3n) is 2.18. The molecule has 0 aromatic carbocycles. The minimum absolute atomic E-state index is 0.112. The minimum atomic E-state index is -0.113. The van der Waals surface area contributed by atoms with Crippen molar-refractivity contribution in [2.45, 2.75) is 20.8 Å². The van der Waals surface area contributed by atoms with Crippen molar-refractivity contribution in [3.8, 4) is 12.0 Å². The Morgan fingerprint density at radius 1 is 1.35 bits per heavy atom. The van der Waals surface area contributed by atoms with Crippen LogP contribution in [0.1, 0.15) is 20.8 Å². The van der Waals surface area contributed by atoms with Gasteiger partial charge in [-0.25, -0.2) is 4.98 Å². The van der Waals surface area contributed by atoms with E-state index in [9.17, 15) is 4.79 Å². The third-order valence-corrected chi connectivity index (χ3v) is 2.18. The van der Waals surface area contributed by atoms with Gasteiger partial charge in [0.1, 0.15) is 5.39 Å². The van der Waals surface area contributed by atoms with Gasteiger partial charge in [0.2, 0.25) is 0 Å². The molecule has 0 saturated heterocycles. The first-order valence-corrected chi connectivity index (χ1v) is 5.31. The second-order valence-corrected chi connectivity index (χ2v) is 4.94. The molecule has 2 aromatic rings. The zero-order chi connectivity index (χ0) is 12.6. The molecular formula is C12H14N4O. The van der Waals surface area contributed by atoms with E-state index in [2.05, 4.69) is 22.0 Å². The lowest BCUT2D eigenvalue weighted by atomic mass is 9.99. The summed E-state index contributed by atoms with van der Waals surface area (Å²) in [5.74, 6) is 3.05. The molecule has 0 spiro atoms. The van der Waals surface area contributed by atoms with Crippen LogP contribution in [0.25, 0.3) is 11.0 Å². The molecule has 0 unspecified atom stereocenters. The number of rotatable bonds is 0. The largest absolute Gasteiger partial charge is 0.302 e. The van der Waals surface area contributed by atoms with Crippen LogP contribution in [-0.4, -0.2) is 19.3 Å². The number of nitrogens with zero attached hydrogens (tertiary/aromatic N) is 4. The van der Waals surface area contributed by atoms with E-state index in [1.54, 1.807) is 7.05 Å². The SMILES string of the molecule is Cn1cnc2c(cnn2C#CC(C)(C)C)c1=O. The van der Waals surface area contributed by atoms with Crippen LogP contribution in [0.2, 0.25) is 0 Å². The summed E-state index contributed by atoms with van der Waals surface area (Å²) in [5, 5.41) is 4.55. The van der Waals surface area contributed by atoms with E-state index in [4.69, 9.17) is 0 Å². The molecule has 0 fully saturated rings. The van der Waals surface area contributed by atoms with Gasteiger partial charge < -0.3 is 4.57 Å². The fraction of sp³-hybridized carbons (Fsp3) is 0.417. The Balaban J connectivity index is 2.62. The van der Waals surface area contributed by atoms with Gasteiger partial charge in [0, 0.05) is 18.5 Å². The van der Waals surface area contributed by atoms with Gasteiger partial charge in [-0.05, 0) is 20.8 Å². The zero-order valence-electron chi connectivity index (χ0n) is 10.4.